The molecule has 1 heterocycles. The number of rotatable bonds is 1. The normalized spacial score (nSPS) is 16.8. The molecule has 0 saturated carbocycles. The van der Waals surface area contributed by atoms with E-state index in [1.54, 1.807) is 13.2 Å². The van der Waals surface area contributed by atoms with Crippen molar-refractivity contribution in [3.63, 3.8) is 0 Å². The third kappa shape index (κ3) is 1.11. The van der Waals surface area contributed by atoms with Gasteiger partial charge < -0.3 is 14.7 Å². The minimum atomic E-state index is 0.298. The average molecular weight is 179 g/mol. The molecular formula is C9H9NO3. The Kier molecular flexibility index (Phi) is 1.81. The average Bonchev–Trinajstić information content (AvgIpc) is 2.60. The number of fused-ring (bicyclic) bond motifs is 1. The maximum atomic E-state index is 8.69. The lowest BCUT2D eigenvalue weighted by molar-refractivity contribution is 0.313. The lowest BCUT2D eigenvalue weighted by atomic mass is 10.1. The molecule has 1 aliphatic rings. The van der Waals surface area contributed by atoms with E-state index in [4.69, 9.17) is 14.7 Å². The van der Waals surface area contributed by atoms with Crippen LogP contribution in [0.25, 0.3) is 0 Å². The van der Waals surface area contributed by atoms with E-state index in [1.807, 2.05) is 12.1 Å². The van der Waals surface area contributed by atoms with Gasteiger partial charge in [0.05, 0.1) is 12.7 Å². The van der Waals surface area contributed by atoms with Crippen LogP contribution in [0.5, 0.6) is 11.5 Å². The van der Waals surface area contributed by atoms with E-state index < -0.39 is 0 Å². The zero-order valence-corrected chi connectivity index (χ0v) is 7.15. The Bertz CT molecular complexity index is 360. The summed E-state index contributed by atoms with van der Waals surface area (Å²) in [7, 11) is 1.57. The van der Waals surface area contributed by atoms with Crippen LogP contribution in [0.1, 0.15) is 5.56 Å². The molecule has 0 aromatic heterocycles. The Morgan fingerprint density at radius 1 is 1.54 bits per heavy atom. The van der Waals surface area contributed by atoms with Gasteiger partial charge in [0, 0.05) is 0 Å². The quantitative estimate of drug-likeness (QED) is 0.521. The van der Waals surface area contributed by atoms with Crippen LogP contribution in [0.2, 0.25) is 0 Å². The lowest BCUT2D eigenvalue weighted by Crippen LogP contribution is -2.03. The highest BCUT2D eigenvalue weighted by Gasteiger charge is 2.23. The summed E-state index contributed by atoms with van der Waals surface area (Å²) >= 11 is 0. The Morgan fingerprint density at radius 3 is 3.08 bits per heavy atom. The van der Waals surface area contributed by atoms with E-state index >= 15 is 0 Å². The summed E-state index contributed by atoms with van der Waals surface area (Å²) in [6.07, 6.45) is 0. The van der Waals surface area contributed by atoms with Gasteiger partial charge in [0.1, 0.15) is 23.8 Å². The zero-order valence-electron chi connectivity index (χ0n) is 7.15. The van der Waals surface area contributed by atoms with Gasteiger partial charge in [-0.2, -0.15) is 0 Å². The number of oxime groups is 1. The van der Waals surface area contributed by atoms with Crippen molar-refractivity contribution in [1.29, 1.82) is 0 Å². The first-order valence-electron chi connectivity index (χ1n) is 3.88. The van der Waals surface area contributed by atoms with Crippen LogP contribution in [0.3, 0.4) is 0 Å². The van der Waals surface area contributed by atoms with Gasteiger partial charge in [0.15, 0.2) is 0 Å². The smallest absolute Gasteiger partial charge is 0.134 e. The molecule has 4 heteroatoms. The highest BCUT2D eigenvalue weighted by molar-refractivity contribution is 6.08. The maximum absolute atomic E-state index is 8.69. The molecule has 0 fully saturated rings. The molecule has 0 radical (unpaired) electrons. The summed E-state index contributed by atoms with van der Waals surface area (Å²) in [4.78, 5) is 0. The Labute approximate surface area is 75.4 Å². The molecule has 1 aliphatic heterocycles. The molecule has 0 aliphatic carbocycles. The molecule has 1 N–H and O–H groups in total. The minimum Gasteiger partial charge on any atom is -0.496 e. The number of benzene rings is 1. The van der Waals surface area contributed by atoms with E-state index in [1.165, 1.54) is 0 Å². The summed E-state index contributed by atoms with van der Waals surface area (Å²) < 4.78 is 10.4. The molecular weight excluding hydrogens is 170 g/mol. The van der Waals surface area contributed by atoms with Gasteiger partial charge in [-0.15, -0.1) is 0 Å². The molecule has 0 unspecified atom stereocenters. The van der Waals surface area contributed by atoms with E-state index in [0.29, 0.717) is 23.8 Å². The Hall–Kier alpha value is -1.71. The standard InChI is InChI=1S/C9H9NO3/c1-12-7-3-2-4-8-9(7)6(10-11)5-13-8/h2-4,11H,5H2,1H3/b10-6-. The van der Waals surface area contributed by atoms with Crippen LogP contribution in [-0.2, 0) is 0 Å². The Morgan fingerprint density at radius 2 is 2.38 bits per heavy atom. The van der Waals surface area contributed by atoms with Gasteiger partial charge in [-0.3, -0.25) is 0 Å². The van der Waals surface area contributed by atoms with Gasteiger partial charge in [-0.1, -0.05) is 11.2 Å². The summed E-state index contributed by atoms with van der Waals surface area (Å²) in [5, 5.41) is 11.8. The van der Waals surface area contributed by atoms with Crippen molar-refractivity contribution in [2.75, 3.05) is 13.7 Å². The lowest BCUT2D eigenvalue weighted by Gasteiger charge is -2.03. The second-order valence-corrected chi connectivity index (χ2v) is 2.67. The van der Waals surface area contributed by atoms with Crippen molar-refractivity contribution < 1.29 is 14.7 Å². The summed E-state index contributed by atoms with van der Waals surface area (Å²) in [6, 6.07) is 5.45. The fourth-order valence-electron chi connectivity index (χ4n) is 1.38. The minimum absolute atomic E-state index is 0.298. The van der Waals surface area contributed by atoms with Crippen molar-refractivity contribution in [3.8, 4) is 11.5 Å². The fraction of sp³-hybridized carbons (Fsp3) is 0.222. The van der Waals surface area contributed by atoms with Gasteiger partial charge in [-0.05, 0) is 12.1 Å². The van der Waals surface area contributed by atoms with Gasteiger partial charge in [-0.25, -0.2) is 0 Å². The third-order valence-corrected chi connectivity index (χ3v) is 1.98. The molecule has 68 valence electrons. The predicted molar refractivity (Wildman–Crippen MR) is 46.8 cm³/mol. The molecule has 0 saturated heterocycles. The molecule has 1 aromatic carbocycles. The molecule has 0 atom stereocenters. The monoisotopic (exact) mass is 179 g/mol. The molecule has 0 spiro atoms. The van der Waals surface area contributed by atoms with Crippen molar-refractivity contribution in [3.05, 3.63) is 23.8 Å². The molecule has 4 nitrogen and oxygen atoms in total. The van der Waals surface area contributed by atoms with Crippen molar-refractivity contribution in [1.82, 2.24) is 0 Å². The van der Waals surface area contributed by atoms with E-state index in [9.17, 15) is 0 Å². The van der Waals surface area contributed by atoms with E-state index in [-0.39, 0.29) is 0 Å². The molecule has 0 bridgehead atoms. The number of nitrogens with zero attached hydrogens (tertiary/aromatic N) is 1. The van der Waals surface area contributed by atoms with Crippen LogP contribution >= 0.6 is 0 Å². The van der Waals surface area contributed by atoms with Crippen LogP contribution in [-0.4, -0.2) is 24.6 Å². The van der Waals surface area contributed by atoms with Crippen LogP contribution in [0.15, 0.2) is 23.4 Å². The number of ether oxygens (including phenoxy) is 2. The molecule has 13 heavy (non-hydrogen) atoms. The second-order valence-electron chi connectivity index (χ2n) is 2.67. The van der Waals surface area contributed by atoms with Gasteiger partial charge in [0.2, 0.25) is 0 Å². The summed E-state index contributed by atoms with van der Waals surface area (Å²) in [5.74, 6) is 1.37. The number of hydrogen-bond donors (Lipinski definition) is 1. The largest absolute Gasteiger partial charge is 0.496 e. The maximum Gasteiger partial charge on any atom is 0.134 e. The van der Waals surface area contributed by atoms with Gasteiger partial charge in [0.25, 0.3) is 0 Å². The second kappa shape index (κ2) is 2.97. The van der Waals surface area contributed by atoms with Gasteiger partial charge >= 0.3 is 0 Å². The number of methoxy groups -OCH3 is 1. The SMILES string of the molecule is COc1cccc2c1/C(=N\O)CO2. The van der Waals surface area contributed by atoms with Crippen LogP contribution in [0, 0.1) is 0 Å². The number of hydrogen-bond acceptors (Lipinski definition) is 4. The molecule has 1 aromatic rings. The first kappa shape index (κ1) is 7.91. The highest BCUT2D eigenvalue weighted by atomic mass is 16.5. The summed E-state index contributed by atoms with van der Waals surface area (Å²) in [5.41, 5.74) is 1.25. The topological polar surface area (TPSA) is 51.0 Å². The summed E-state index contributed by atoms with van der Waals surface area (Å²) in [6.45, 7) is 0.298. The van der Waals surface area contributed by atoms with Crippen molar-refractivity contribution in [2.45, 2.75) is 0 Å². The first-order valence-corrected chi connectivity index (χ1v) is 3.88. The Balaban J connectivity index is 2.59. The molecule has 0 amide bonds. The van der Waals surface area contributed by atoms with Crippen molar-refractivity contribution in [2.24, 2.45) is 5.16 Å². The van der Waals surface area contributed by atoms with E-state index in [0.717, 1.165) is 5.56 Å². The third-order valence-electron chi connectivity index (χ3n) is 1.98. The van der Waals surface area contributed by atoms with Crippen LogP contribution < -0.4 is 9.47 Å². The van der Waals surface area contributed by atoms with E-state index in [2.05, 4.69) is 5.16 Å². The first-order chi connectivity index (χ1) is 6.36. The fourth-order valence-corrected chi connectivity index (χ4v) is 1.38. The molecule has 2 rings (SSSR count). The predicted octanol–water partition coefficient (Wildman–Crippen LogP) is 1.27. The van der Waals surface area contributed by atoms with Crippen LogP contribution in [0.4, 0.5) is 0 Å². The zero-order chi connectivity index (χ0) is 9.26. The highest BCUT2D eigenvalue weighted by Crippen LogP contribution is 2.33. The van der Waals surface area contributed by atoms with Crippen molar-refractivity contribution >= 4 is 5.71 Å².